The van der Waals surface area contributed by atoms with E-state index < -0.39 is 0 Å². The van der Waals surface area contributed by atoms with Crippen LogP contribution in [0.4, 0.5) is 0 Å². The zero-order chi connectivity index (χ0) is 11.4. The van der Waals surface area contributed by atoms with Gasteiger partial charge in [0.15, 0.2) is 0 Å². The lowest BCUT2D eigenvalue weighted by Crippen LogP contribution is -2.21. The molecule has 0 fully saturated rings. The van der Waals surface area contributed by atoms with Crippen molar-refractivity contribution in [3.8, 4) is 0 Å². The SMILES string of the molecule is CCNC(c1ccoc1)c1snnc1CC. The number of aromatic nitrogens is 2. The van der Waals surface area contributed by atoms with Crippen LogP contribution < -0.4 is 5.32 Å². The van der Waals surface area contributed by atoms with E-state index in [1.54, 1.807) is 12.5 Å². The first kappa shape index (κ1) is 11.3. The molecule has 16 heavy (non-hydrogen) atoms. The van der Waals surface area contributed by atoms with Crippen molar-refractivity contribution in [2.24, 2.45) is 0 Å². The maximum atomic E-state index is 5.14. The van der Waals surface area contributed by atoms with Gasteiger partial charge >= 0.3 is 0 Å². The third kappa shape index (κ3) is 2.15. The molecule has 1 N–H and O–H groups in total. The number of furan rings is 1. The molecule has 1 atom stereocenters. The summed E-state index contributed by atoms with van der Waals surface area (Å²) in [5, 5.41) is 7.58. The Morgan fingerprint density at radius 1 is 1.50 bits per heavy atom. The topological polar surface area (TPSA) is 51.0 Å². The van der Waals surface area contributed by atoms with Crippen molar-refractivity contribution in [3.05, 3.63) is 34.7 Å². The van der Waals surface area contributed by atoms with Crippen LogP contribution in [-0.4, -0.2) is 16.1 Å². The lowest BCUT2D eigenvalue weighted by molar-refractivity contribution is 0.553. The minimum atomic E-state index is 0.152. The molecular weight excluding hydrogens is 222 g/mol. The molecule has 2 aromatic heterocycles. The number of hydrogen-bond donors (Lipinski definition) is 1. The highest BCUT2D eigenvalue weighted by Crippen LogP contribution is 2.27. The summed E-state index contributed by atoms with van der Waals surface area (Å²) in [6.07, 6.45) is 4.37. The van der Waals surface area contributed by atoms with Crippen molar-refractivity contribution in [1.29, 1.82) is 0 Å². The molecule has 2 heterocycles. The van der Waals surface area contributed by atoms with Crippen LogP contribution in [0.15, 0.2) is 23.0 Å². The minimum Gasteiger partial charge on any atom is -0.472 e. The largest absolute Gasteiger partial charge is 0.472 e. The molecule has 0 aliphatic rings. The minimum absolute atomic E-state index is 0.152. The van der Waals surface area contributed by atoms with E-state index >= 15 is 0 Å². The van der Waals surface area contributed by atoms with Crippen molar-refractivity contribution in [2.45, 2.75) is 26.3 Å². The van der Waals surface area contributed by atoms with Crippen molar-refractivity contribution in [2.75, 3.05) is 6.54 Å². The second kappa shape index (κ2) is 5.23. The predicted octanol–water partition coefficient (Wildman–Crippen LogP) is 2.39. The fourth-order valence-electron chi connectivity index (χ4n) is 1.69. The summed E-state index contributed by atoms with van der Waals surface area (Å²) in [7, 11) is 0. The molecule has 0 spiro atoms. The molecule has 2 aromatic rings. The summed E-state index contributed by atoms with van der Waals surface area (Å²) >= 11 is 1.46. The van der Waals surface area contributed by atoms with Gasteiger partial charge < -0.3 is 9.73 Å². The van der Waals surface area contributed by atoms with Crippen LogP contribution >= 0.6 is 11.5 Å². The highest BCUT2D eigenvalue weighted by Gasteiger charge is 2.20. The van der Waals surface area contributed by atoms with Crippen LogP contribution in [0.25, 0.3) is 0 Å². The Hall–Kier alpha value is -1.20. The molecule has 0 aromatic carbocycles. The number of rotatable bonds is 5. The summed E-state index contributed by atoms with van der Waals surface area (Å²) in [6.45, 7) is 5.09. The molecule has 86 valence electrons. The average molecular weight is 237 g/mol. The summed E-state index contributed by atoms with van der Waals surface area (Å²) in [5.41, 5.74) is 2.19. The fraction of sp³-hybridized carbons (Fsp3) is 0.455. The van der Waals surface area contributed by atoms with E-state index in [4.69, 9.17) is 4.42 Å². The normalized spacial score (nSPS) is 12.9. The van der Waals surface area contributed by atoms with Crippen LogP contribution in [0.3, 0.4) is 0 Å². The van der Waals surface area contributed by atoms with Gasteiger partial charge in [-0.2, -0.15) is 0 Å². The molecule has 0 saturated carbocycles. The average Bonchev–Trinajstić information content (AvgIpc) is 2.96. The Kier molecular flexibility index (Phi) is 3.69. The third-order valence-electron chi connectivity index (χ3n) is 2.47. The van der Waals surface area contributed by atoms with E-state index in [-0.39, 0.29) is 6.04 Å². The Balaban J connectivity index is 2.33. The Labute approximate surface area is 98.8 Å². The standard InChI is InChI=1S/C11H15N3OS/c1-3-9-11(16-14-13-9)10(12-4-2)8-5-6-15-7-8/h5-7,10,12H,3-4H2,1-2H3. The Morgan fingerprint density at radius 2 is 2.38 bits per heavy atom. The maximum Gasteiger partial charge on any atom is 0.0954 e. The van der Waals surface area contributed by atoms with Crippen molar-refractivity contribution in [3.63, 3.8) is 0 Å². The molecule has 0 aliphatic heterocycles. The maximum absolute atomic E-state index is 5.14. The molecule has 1 unspecified atom stereocenters. The highest BCUT2D eigenvalue weighted by atomic mass is 32.1. The zero-order valence-corrected chi connectivity index (χ0v) is 10.3. The van der Waals surface area contributed by atoms with Gasteiger partial charge in [0.2, 0.25) is 0 Å². The first-order valence-electron chi connectivity index (χ1n) is 5.43. The van der Waals surface area contributed by atoms with E-state index in [1.807, 2.05) is 6.07 Å². The first-order chi connectivity index (χ1) is 7.86. The van der Waals surface area contributed by atoms with Crippen LogP contribution in [-0.2, 0) is 6.42 Å². The summed E-state index contributed by atoms with van der Waals surface area (Å²) in [6, 6.07) is 2.13. The van der Waals surface area contributed by atoms with Gasteiger partial charge in [0.05, 0.1) is 29.1 Å². The molecule has 0 bridgehead atoms. The van der Waals surface area contributed by atoms with Crippen LogP contribution in [0.5, 0.6) is 0 Å². The van der Waals surface area contributed by atoms with E-state index in [2.05, 4.69) is 28.8 Å². The highest BCUT2D eigenvalue weighted by molar-refractivity contribution is 7.05. The van der Waals surface area contributed by atoms with E-state index in [0.717, 1.165) is 24.2 Å². The zero-order valence-electron chi connectivity index (χ0n) is 9.43. The molecule has 0 saturated heterocycles. The Morgan fingerprint density at radius 3 is 3.00 bits per heavy atom. The number of hydrogen-bond acceptors (Lipinski definition) is 5. The molecular formula is C11H15N3OS. The number of nitrogens with one attached hydrogen (secondary N) is 1. The van der Waals surface area contributed by atoms with Gasteiger partial charge in [-0.25, -0.2) is 0 Å². The lowest BCUT2D eigenvalue weighted by Gasteiger charge is -2.14. The lowest BCUT2D eigenvalue weighted by atomic mass is 10.1. The van der Waals surface area contributed by atoms with Gasteiger partial charge in [0.25, 0.3) is 0 Å². The van der Waals surface area contributed by atoms with Gasteiger partial charge in [-0.1, -0.05) is 18.3 Å². The molecule has 0 amide bonds. The quantitative estimate of drug-likeness (QED) is 0.867. The van der Waals surface area contributed by atoms with Crippen molar-refractivity contribution in [1.82, 2.24) is 14.9 Å². The van der Waals surface area contributed by atoms with Gasteiger partial charge in [-0.3, -0.25) is 0 Å². The van der Waals surface area contributed by atoms with Crippen LogP contribution in [0, 0.1) is 0 Å². The molecule has 4 nitrogen and oxygen atoms in total. The first-order valence-corrected chi connectivity index (χ1v) is 6.20. The number of aryl methyl sites for hydroxylation is 1. The summed E-state index contributed by atoms with van der Waals surface area (Å²) in [5.74, 6) is 0. The van der Waals surface area contributed by atoms with Gasteiger partial charge in [-0.15, -0.1) is 5.10 Å². The van der Waals surface area contributed by atoms with E-state index in [9.17, 15) is 0 Å². The smallest absolute Gasteiger partial charge is 0.0954 e. The van der Waals surface area contributed by atoms with Crippen LogP contribution in [0.2, 0.25) is 0 Å². The third-order valence-corrected chi connectivity index (χ3v) is 3.30. The monoisotopic (exact) mass is 237 g/mol. The summed E-state index contributed by atoms with van der Waals surface area (Å²) in [4.78, 5) is 1.19. The summed E-state index contributed by atoms with van der Waals surface area (Å²) < 4.78 is 9.16. The van der Waals surface area contributed by atoms with Crippen LogP contribution in [0.1, 0.15) is 36.0 Å². The van der Waals surface area contributed by atoms with Gasteiger partial charge in [0.1, 0.15) is 0 Å². The van der Waals surface area contributed by atoms with E-state index in [1.165, 1.54) is 16.4 Å². The van der Waals surface area contributed by atoms with E-state index in [0.29, 0.717) is 0 Å². The predicted molar refractivity (Wildman–Crippen MR) is 63.5 cm³/mol. The molecule has 0 radical (unpaired) electrons. The second-order valence-corrected chi connectivity index (χ2v) is 4.27. The molecule has 5 heteroatoms. The molecule has 0 aliphatic carbocycles. The molecule has 2 rings (SSSR count). The van der Waals surface area contributed by atoms with Crippen molar-refractivity contribution >= 4 is 11.5 Å². The van der Waals surface area contributed by atoms with Gasteiger partial charge in [-0.05, 0) is 30.6 Å². The Bertz CT molecular complexity index is 424. The fourth-order valence-corrected chi connectivity index (χ4v) is 2.53. The van der Waals surface area contributed by atoms with Crippen molar-refractivity contribution < 1.29 is 4.42 Å². The van der Waals surface area contributed by atoms with Gasteiger partial charge in [0, 0.05) is 5.56 Å². The second-order valence-electron chi connectivity index (χ2n) is 3.48. The number of nitrogens with zero attached hydrogens (tertiary/aromatic N) is 2.